The summed E-state index contributed by atoms with van der Waals surface area (Å²) in [5.74, 6) is 0.648. The van der Waals surface area contributed by atoms with Gasteiger partial charge < -0.3 is 14.5 Å². The molecule has 1 aromatic carbocycles. The summed E-state index contributed by atoms with van der Waals surface area (Å²) in [7, 11) is 0. The molecule has 0 unspecified atom stereocenters. The Balaban J connectivity index is 1.24. The quantitative estimate of drug-likeness (QED) is 0.756. The average Bonchev–Trinajstić information content (AvgIpc) is 3.19. The summed E-state index contributed by atoms with van der Waals surface area (Å²) < 4.78 is 6.38. The molecule has 0 aliphatic carbocycles. The van der Waals surface area contributed by atoms with Crippen molar-refractivity contribution in [3.63, 3.8) is 0 Å². The number of piperidine rings is 2. The lowest BCUT2D eigenvalue weighted by Crippen LogP contribution is -3.14. The van der Waals surface area contributed by atoms with Crippen LogP contribution in [0.2, 0.25) is 0 Å². The number of esters is 1. The number of hydrogen-bond acceptors (Lipinski definition) is 5. The van der Waals surface area contributed by atoms with Gasteiger partial charge in [-0.05, 0) is 31.9 Å². The van der Waals surface area contributed by atoms with Crippen LogP contribution in [0.5, 0.6) is 0 Å². The van der Waals surface area contributed by atoms with Crippen molar-refractivity contribution in [3.05, 3.63) is 29.3 Å². The average molecular weight is 417 g/mol. The second kappa shape index (κ2) is 9.22. The molecule has 3 heterocycles. The highest BCUT2D eigenvalue weighted by molar-refractivity contribution is 7.18. The number of rotatable bonds is 5. The Morgan fingerprint density at radius 1 is 1.17 bits per heavy atom. The topological polar surface area (TPSA) is 63.9 Å². The lowest BCUT2D eigenvalue weighted by molar-refractivity contribution is -0.898. The number of nitrogens with zero attached hydrogens (tertiary/aromatic N) is 2. The normalized spacial score (nSPS) is 23.3. The van der Waals surface area contributed by atoms with Gasteiger partial charge in [0.2, 0.25) is 0 Å². The predicted octanol–water partition coefficient (Wildman–Crippen LogP) is 1.86. The number of amides is 1. The first-order valence-corrected chi connectivity index (χ1v) is 11.6. The van der Waals surface area contributed by atoms with E-state index in [1.807, 2.05) is 17.9 Å². The minimum absolute atomic E-state index is 0.0124. The van der Waals surface area contributed by atoms with Crippen LogP contribution in [-0.2, 0) is 14.3 Å². The fourth-order valence-electron chi connectivity index (χ4n) is 4.46. The maximum Gasteiger partial charge on any atom is 0.309 e. The zero-order valence-corrected chi connectivity index (χ0v) is 17.9. The third-order valence-electron chi connectivity index (χ3n) is 6.22. The largest absolute Gasteiger partial charge is 0.466 e. The summed E-state index contributed by atoms with van der Waals surface area (Å²) >= 11 is 1.79. The number of thiazole rings is 1. The van der Waals surface area contributed by atoms with Gasteiger partial charge in [0.25, 0.3) is 5.91 Å². The van der Waals surface area contributed by atoms with Crippen molar-refractivity contribution in [2.24, 2.45) is 5.92 Å². The molecule has 2 aliphatic heterocycles. The van der Waals surface area contributed by atoms with Crippen molar-refractivity contribution >= 4 is 33.4 Å². The summed E-state index contributed by atoms with van der Waals surface area (Å²) in [6.07, 6.45) is 3.62. The third-order valence-corrected chi connectivity index (χ3v) is 7.42. The molecule has 0 saturated carbocycles. The van der Waals surface area contributed by atoms with Gasteiger partial charge in [-0.3, -0.25) is 9.59 Å². The first kappa shape index (κ1) is 20.3. The Hall–Kier alpha value is -1.99. The monoisotopic (exact) mass is 416 g/mol. The first-order chi connectivity index (χ1) is 14.1. The van der Waals surface area contributed by atoms with Crippen molar-refractivity contribution in [2.75, 3.05) is 39.3 Å². The smallest absolute Gasteiger partial charge is 0.309 e. The Morgan fingerprint density at radius 2 is 1.90 bits per heavy atom. The number of hydrogen-bond donors (Lipinski definition) is 1. The maximum atomic E-state index is 12.8. The van der Waals surface area contributed by atoms with E-state index in [9.17, 15) is 9.59 Å². The lowest BCUT2D eigenvalue weighted by atomic mass is 9.96. The van der Waals surface area contributed by atoms with Crippen LogP contribution in [0.3, 0.4) is 0 Å². The number of benzene rings is 1. The van der Waals surface area contributed by atoms with Crippen molar-refractivity contribution < 1.29 is 19.2 Å². The SMILES string of the molecule is CCOC(=O)C1CC[NH+](CC(=O)N2CCC(c3nc4ccccc4s3)CC2)CC1. The number of fused-ring (bicyclic) bond motifs is 1. The molecule has 156 valence electrons. The van der Waals surface area contributed by atoms with Gasteiger partial charge in [-0.2, -0.15) is 0 Å². The number of likely N-dealkylation sites (tertiary alicyclic amines) is 2. The van der Waals surface area contributed by atoms with Crippen molar-refractivity contribution in [1.29, 1.82) is 0 Å². The lowest BCUT2D eigenvalue weighted by Gasteiger charge is -2.33. The molecule has 7 heteroatoms. The number of quaternary nitrogens is 1. The highest BCUT2D eigenvalue weighted by Crippen LogP contribution is 2.33. The highest BCUT2D eigenvalue weighted by Gasteiger charge is 2.32. The molecule has 0 spiro atoms. The molecule has 2 aliphatic rings. The van der Waals surface area contributed by atoms with Crippen LogP contribution >= 0.6 is 11.3 Å². The van der Waals surface area contributed by atoms with Gasteiger partial charge in [0.05, 0.1) is 40.8 Å². The Kier molecular flexibility index (Phi) is 6.45. The molecule has 1 N–H and O–H groups in total. The summed E-state index contributed by atoms with van der Waals surface area (Å²) in [5.41, 5.74) is 1.08. The molecule has 0 bridgehead atoms. The molecule has 0 atom stereocenters. The van der Waals surface area contributed by atoms with Crippen LogP contribution in [0, 0.1) is 5.92 Å². The second-order valence-electron chi connectivity index (χ2n) is 8.13. The molecule has 0 radical (unpaired) electrons. The number of aromatic nitrogens is 1. The molecular weight excluding hydrogens is 386 g/mol. The molecule has 6 nitrogen and oxygen atoms in total. The molecule has 2 aromatic rings. The molecule has 2 fully saturated rings. The second-order valence-corrected chi connectivity index (χ2v) is 9.19. The number of ether oxygens (including phenoxy) is 1. The van der Waals surface area contributed by atoms with E-state index in [0.29, 0.717) is 19.1 Å². The van der Waals surface area contributed by atoms with Gasteiger partial charge in [-0.25, -0.2) is 4.98 Å². The minimum atomic E-state index is -0.0743. The van der Waals surface area contributed by atoms with Gasteiger partial charge in [0.1, 0.15) is 0 Å². The maximum absolute atomic E-state index is 12.8. The Morgan fingerprint density at radius 3 is 2.59 bits per heavy atom. The van der Waals surface area contributed by atoms with E-state index in [-0.39, 0.29) is 17.8 Å². The van der Waals surface area contributed by atoms with E-state index in [2.05, 4.69) is 18.2 Å². The molecule has 1 amide bonds. The molecular formula is C22H30N3O3S+. The molecule has 2 saturated heterocycles. The predicted molar refractivity (Wildman–Crippen MR) is 113 cm³/mol. The number of carbonyl (C=O) groups excluding carboxylic acids is 2. The number of nitrogens with one attached hydrogen (secondary N) is 1. The highest BCUT2D eigenvalue weighted by atomic mass is 32.1. The van der Waals surface area contributed by atoms with Gasteiger partial charge in [0.15, 0.2) is 6.54 Å². The van der Waals surface area contributed by atoms with E-state index >= 15 is 0 Å². The van der Waals surface area contributed by atoms with E-state index in [1.54, 1.807) is 11.3 Å². The van der Waals surface area contributed by atoms with Crippen LogP contribution in [0.15, 0.2) is 24.3 Å². The first-order valence-electron chi connectivity index (χ1n) is 10.8. The van der Waals surface area contributed by atoms with Gasteiger partial charge >= 0.3 is 5.97 Å². The fraction of sp³-hybridized carbons (Fsp3) is 0.591. The van der Waals surface area contributed by atoms with E-state index < -0.39 is 0 Å². The Labute approximate surface area is 175 Å². The van der Waals surface area contributed by atoms with Crippen molar-refractivity contribution in [3.8, 4) is 0 Å². The van der Waals surface area contributed by atoms with Crippen LogP contribution in [0.4, 0.5) is 0 Å². The summed E-state index contributed by atoms with van der Waals surface area (Å²) in [5, 5.41) is 1.21. The summed E-state index contributed by atoms with van der Waals surface area (Å²) in [4.78, 5) is 32.8. The van der Waals surface area contributed by atoms with E-state index in [4.69, 9.17) is 9.72 Å². The number of para-hydroxylation sites is 1. The Bertz CT molecular complexity index is 819. The van der Waals surface area contributed by atoms with E-state index in [0.717, 1.165) is 57.4 Å². The van der Waals surface area contributed by atoms with Crippen LogP contribution in [-0.4, -0.2) is 61.1 Å². The van der Waals surface area contributed by atoms with Gasteiger partial charge in [-0.1, -0.05) is 12.1 Å². The summed E-state index contributed by atoms with van der Waals surface area (Å²) in [6.45, 7) is 6.21. The fourth-order valence-corrected chi connectivity index (χ4v) is 5.60. The zero-order chi connectivity index (χ0) is 20.2. The standard InChI is InChI=1S/C22H29N3O3S/c1-2-28-22(27)17-7-11-24(12-8-17)15-20(26)25-13-9-16(10-14-25)21-23-18-5-3-4-6-19(18)29-21/h3-6,16-17H,2,7-15H2,1H3/p+1. The van der Waals surface area contributed by atoms with Crippen molar-refractivity contribution in [1.82, 2.24) is 9.88 Å². The molecule has 29 heavy (non-hydrogen) atoms. The summed E-state index contributed by atoms with van der Waals surface area (Å²) in [6, 6.07) is 8.29. The van der Waals surface area contributed by atoms with Crippen molar-refractivity contribution in [2.45, 2.75) is 38.5 Å². The van der Waals surface area contributed by atoms with Crippen LogP contribution in [0.1, 0.15) is 43.5 Å². The molecule has 1 aromatic heterocycles. The van der Waals surface area contributed by atoms with Crippen LogP contribution < -0.4 is 4.90 Å². The molecule has 4 rings (SSSR count). The minimum Gasteiger partial charge on any atom is -0.466 e. The van der Waals surface area contributed by atoms with E-state index in [1.165, 1.54) is 14.6 Å². The zero-order valence-electron chi connectivity index (χ0n) is 17.1. The van der Waals surface area contributed by atoms with Gasteiger partial charge in [0, 0.05) is 31.8 Å². The van der Waals surface area contributed by atoms with Gasteiger partial charge in [-0.15, -0.1) is 11.3 Å². The van der Waals surface area contributed by atoms with Crippen LogP contribution in [0.25, 0.3) is 10.2 Å². The number of carbonyl (C=O) groups is 2. The third kappa shape index (κ3) is 4.78.